The van der Waals surface area contributed by atoms with Crippen LogP contribution in [0.2, 0.25) is 0 Å². The van der Waals surface area contributed by atoms with Gasteiger partial charge in [-0.3, -0.25) is 4.79 Å². The largest absolute Gasteiger partial charge is 0.353 e. The fourth-order valence-electron chi connectivity index (χ4n) is 3.57. The Balaban J connectivity index is 1.67. The maximum absolute atomic E-state index is 11.0. The second kappa shape index (κ2) is 8.73. The maximum Gasteiger partial charge on any atom is 0.209 e. The van der Waals surface area contributed by atoms with Crippen LogP contribution in [0.3, 0.4) is 0 Å². The average Bonchev–Trinajstić information content (AvgIpc) is 2.78. The molecule has 0 radical (unpaired) electrons. The van der Waals surface area contributed by atoms with E-state index in [9.17, 15) is 4.79 Å². The van der Waals surface area contributed by atoms with E-state index in [4.69, 9.17) is 4.98 Å². The normalized spacial score (nSPS) is 14.0. The molecule has 1 aliphatic heterocycles. The minimum absolute atomic E-state index is 0.717. The summed E-state index contributed by atoms with van der Waals surface area (Å²) in [6.45, 7) is 5.64. The lowest BCUT2D eigenvalue weighted by Gasteiger charge is -2.34. The molecule has 148 valence electrons. The molecule has 1 saturated heterocycles. The molecule has 1 fully saturated rings. The highest BCUT2D eigenvalue weighted by atomic mass is 16.1. The van der Waals surface area contributed by atoms with Crippen molar-refractivity contribution >= 4 is 23.7 Å². The van der Waals surface area contributed by atoms with Crippen molar-refractivity contribution in [1.29, 1.82) is 0 Å². The first-order chi connectivity index (χ1) is 14.2. The molecular formula is C23H25N5O. The van der Waals surface area contributed by atoms with Crippen molar-refractivity contribution in [3.63, 3.8) is 0 Å². The third-order valence-corrected chi connectivity index (χ3v) is 5.13. The molecule has 0 atom stereocenters. The number of nitrogens with zero attached hydrogens (tertiary/aromatic N) is 5. The topological polar surface area (TPSA) is 52.6 Å². The molecule has 4 rings (SSSR count). The van der Waals surface area contributed by atoms with Gasteiger partial charge in [0.2, 0.25) is 6.41 Å². The van der Waals surface area contributed by atoms with Crippen molar-refractivity contribution in [1.82, 2.24) is 14.9 Å². The summed E-state index contributed by atoms with van der Waals surface area (Å²) >= 11 is 0. The van der Waals surface area contributed by atoms with E-state index in [1.165, 1.54) is 5.56 Å². The highest BCUT2D eigenvalue weighted by molar-refractivity contribution is 5.63. The molecule has 1 aromatic heterocycles. The van der Waals surface area contributed by atoms with Crippen molar-refractivity contribution < 1.29 is 4.79 Å². The molecular weight excluding hydrogens is 362 g/mol. The number of carbonyl (C=O) groups excluding carboxylic acids is 1. The number of anilines is 3. The molecule has 0 spiro atoms. The number of amides is 1. The molecule has 6 heteroatoms. The van der Waals surface area contributed by atoms with E-state index in [1.54, 1.807) is 4.90 Å². The number of carbonyl (C=O) groups is 1. The first kappa shape index (κ1) is 18.9. The van der Waals surface area contributed by atoms with Crippen molar-refractivity contribution in [2.75, 3.05) is 36.0 Å². The number of para-hydroxylation sites is 1. The summed E-state index contributed by atoms with van der Waals surface area (Å²) in [6.07, 6.45) is 0.922. The molecule has 1 aliphatic rings. The van der Waals surface area contributed by atoms with E-state index in [-0.39, 0.29) is 0 Å². The number of piperazine rings is 1. The molecule has 0 unspecified atom stereocenters. The van der Waals surface area contributed by atoms with Crippen LogP contribution < -0.4 is 9.80 Å². The van der Waals surface area contributed by atoms with Crippen molar-refractivity contribution in [2.24, 2.45) is 0 Å². The summed E-state index contributed by atoms with van der Waals surface area (Å²) < 4.78 is 0. The smallest absolute Gasteiger partial charge is 0.209 e. The van der Waals surface area contributed by atoms with Crippen molar-refractivity contribution in [3.8, 4) is 0 Å². The van der Waals surface area contributed by atoms with Gasteiger partial charge < -0.3 is 14.7 Å². The maximum atomic E-state index is 11.0. The van der Waals surface area contributed by atoms with E-state index in [1.807, 2.05) is 31.2 Å². The van der Waals surface area contributed by atoms with Crippen LogP contribution >= 0.6 is 0 Å². The monoisotopic (exact) mass is 387 g/mol. The Hall–Kier alpha value is -3.41. The van der Waals surface area contributed by atoms with Gasteiger partial charge in [0.25, 0.3) is 0 Å². The fourth-order valence-corrected chi connectivity index (χ4v) is 3.57. The minimum Gasteiger partial charge on any atom is -0.353 e. The zero-order chi connectivity index (χ0) is 20.1. The molecule has 29 heavy (non-hydrogen) atoms. The van der Waals surface area contributed by atoms with Crippen LogP contribution in [0.15, 0.2) is 66.7 Å². The predicted molar refractivity (Wildman–Crippen MR) is 115 cm³/mol. The molecule has 0 saturated carbocycles. The molecule has 0 N–H and O–H groups in total. The number of rotatable bonds is 6. The van der Waals surface area contributed by atoms with Gasteiger partial charge in [-0.25, -0.2) is 9.97 Å². The van der Waals surface area contributed by atoms with Gasteiger partial charge in [0, 0.05) is 44.5 Å². The fraction of sp³-hybridized carbons (Fsp3) is 0.261. The lowest BCUT2D eigenvalue weighted by atomic mass is 10.2. The van der Waals surface area contributed by atoms with Crippen LogP contribution in [-0.4, -0.2) is 47.5 Å². The van der Waals surface area contributed by atoms with Crippen LogP contribution in [0.25, 0.3) is 0 Å². The molecule has 2 aromatic carbocycles. The van der Waals surface area contributed by atoms with Gasteiger partial charge in [-0.2, -0.15) is 0 Å². The lowest BCUT2D eigenvalue weighted by Crippen LogP contribution is -2.46. The molecule has 3 aromatic rings. The van der Waals surface area contributed by atoms with Gasteiger partial charge in [-0.1, -0.05) is 48.5 Å². The Bertz CT molecular complexity index is 940. The number of hydrogen-bond donors (Lipinski definition) is 0. The summed E-state index contributed by atoms with van der Waals surface area (Å²) in [4.78, 5) is 26.7. The van der Waals surface area contributed by atoms with Gasteiger partial charge in [-0.15, -0.1) is 0 Å². The Morgan fingerprint density at radius 3 is 2.24 bits per heavy atom. The highest BCUT2D eigenvalue weighted by Gasteiger charge is 2.20. The van der Waals surface area contributed by atoms with E-state index in [0.29, 0.717) is 13.1 Å². The third-order valence-electron chi connectivity index (χ3n) is 5.13. The van der Waals surface area contributed by atoms with Crippen LogP contribution in [0.5, 0.6) is 0 Å². The molecule has 6 nitrogen and oxygen atoms in total. The van der Waals surface area contributed by atoms with Crippen LogP contribution in [0.1, 0.15) is 11.4 Å². The number of aromatic nitrogens is 2. The van der Waals surface area contributed by atoms with Crippen LogP contribution in [-0.2, 0) is 11.3 Å². The first-order valence-corrected chi connectivity index (χ1v) is 9.89. The van der Waals surface area contributed by atoms with Crippen LogP contribution in [0.4, 0.5) is 17.3 Å². The van der Waals surface area contributed by atoms with E-state index >= 15 is 0 Å². The zero-order valence-corrected chi connectivity index (χ0v) is 16.6. The van der Waals surface area contributed by atoms with Gasteiger partial charge in [0.15, 0.2) is 0 Å². The Labute approximate surface area is 171 Å². The molecule has 0 bridgehead atoms. The zero-order valence-electron chi connectivity index (χ0n) is 16.6. The average molecular weight is 387 g/mol. The lowest BCUT2D eigenvalue weighted by molar-refractivity contribution is -0.118. The summed E-state index contributed by atoms with van der Waals surface area (Å²) in [5.41, 5.74) is 2.31. The Morgan fingerprint density at radius 1 is 0.931 bits per heavy atom. The second-order valence-electron chi connectivity index (χ2n) is 7.17. The number of aryl methyl sites for hydroxylation is 1. The SMILES string of the molecule is Cc1nc(N2CCN(C=O)CC2)cc(N(Cc2ccccc2)c2ccccc2)n1. The Morgan fingerprint density at radius 2 is 1.59 bits per heavy atom. The summed E-state index contributed by atoms with van der Waals surface area (Å²) in [6, 6.07) is 22.8. The van der Waals surface area contributed by atoms with Gasteiger partial charge in [0.05, 0.1) is 0 Å². The highest BCUT2D eigenvalue weighted by Crippen LogP contribution is 2.28. The Kier molecular flexibility index (Phi) is 5.70. The number of hydrogen-bond acceptors (Lipinski definition) is 5. The predicted octanol–water partition coefficient (Wildman–Crippen LogP) is 3.40. The summed E-state index contributed by atoms with van der Waals surface area (Å²) in [5.74, 6) is 2.52. The quantitative estimate of drug-likeness (QED) is 0.607. The minimum atomic E-state index is 0.717. The van der Waals surface area contributed by atoms with E-state index in [0.717, 1.165) is 49.2 Å². The molecule has 2 heterocycles. The standard InChI is InChI=1S/C23H25N5O/c1-19-24-22(27-14-12-26(18-29)13-15-27)16-23(25-19)28(21-10-6-3-7-11-21)17-20-8-4-2-5-9-20/h2-11,16,18H,12-15,17H2,1H3. The molecule has 0 aliphatic carbocycles. The molecule has 1 amide bonds. The summed E-state index contributed by atoms with van der Waals surface area (Å²) in [5, 5.41) is 0. The van der Waals surface area contributed by atoms with Gasteiger partial charge >= 0.3 is 0 Å². The number of benzene rings is 2. The van der Waals surface area contributed by atoms with Crippen molar-refractivity contribution in [3.05, 3.63) is 78.1 Å². The van der Waals surface area contributed by atoms with Gasteiger partial charge in [-0.05, 0) is 24.6 Å². The third kappa shape index (κ3) is 4.54. The van der Waals surface area contributed by atoms with Crippen molar-refractivity contribution in [2.45, 2.75) is 13.5 Å². The van der Waals surface area contributed by atoms with E-state index < -0.39 is 0 Å². The van der Waals surface area contributed by atoms with E-state index in [2.05, 4.69) is 57.2 Å². The first-order valence-electron chi connectivity index (χ1n) is 9.89. The summed E-state index contributed by atoms with van der Waals surface area (Å²) in [7, 11) is 0. The second-order valence-corrected chi connectivity index (χ2v) is 7.17. The van der Waals surface area contributed by atoms with Crippen LogP contribution in [0, 0.1) is 6.92 Å². The van der Waals surface area contributed by atoms with Gasteiger partial charge in [0.1, 0.15) is 17.5 Å².